The molecule has 1 aromatic heterocycles. The molecule has 108 valence electrons. The molecule has 0 fully saturated rings. The minimum Gasteiger partial charge on any atom is -0.437 e. The van der Waals surface area contributed by atoms with Crippen molar-refractivity contribution in [3.8, 4) is 17.7 Å². The zero-order valence-corrected chi connectivity index (χ0v) is 13.3. The molecule has 0 bridgehead atoms. The molecule has 0 amide bonds. The van der Waals surface area contributed by atoms with Gasteiger partial charge in [-0.1, -0.05) is 23.2 Å². The number of anilines is 1. The van der Waals surface area contributed by atoms with Crippen molar-refractivity contribution in [3.63, 3.8) is 0 Å². The summed E-state index contributed by atoms with van der Waals surface area (Å²) < 4.78 is 5.82. The SMILES string of the molecule is CNc1nc(Oc2c(C)cc(C#N)cc2C)c(Cl)cc1Cl. The zero-order chi connectivity index (χ0) is 15.6. The third-order valence-corrected chi connectivity index (χ3v) is 3.48. The third-order valence-electron chi connectivity index (χ3n) is 2.92. The first-order valence-corrected chi connectivity index (χ1v) is 6.95. The second-order valence-electron chi connectivity index (χ2n) is 4.51. The fraction of sp³-hybridized carbons (Fsp3) is 0.200. The number of aromatic nitrogens is 1. The van der Waals surface area contributed by atoms with Crippen LogP contribution < -0.4 is 10.1 Å². The molecule has 0 radical (unpaired) electrons. The summed E-state index contributed by atoms with van der Waals surface area (Å²) >= 11 is 12.1. The molecule has 0 saturated carbocycles. The van der Waals surface area contributed by atoms with Crippen LogP contribution in [0.3, 0.4) is 0 Å². The monoisotopic (exact) mass is 321 g/mol. The van der Waals surface area contributed by atoms with Gasteiger partial charge in [0, 0.05) is 7.05 Å². The van der Waals surface area contributed by atoms with Gasteiger partial charge in [0.15, 0.2) is 0 Å². The van der Waals surface area contributed by atoms with Crippen LogP contribution >= 0.6 is 23.2 Å². The highest BCUT2D eigenvalue weighted by Gasteiger charge is 2.14. The summed E-state index contributed by atoms with van der Waals surface area (Å²) in [6.07, 6.45) is 0. The van der Waals surface area contributed by atoms with Crippen LogP contribution in [0.5, 0.6) is 11.6 Å². The minimum absolute atomic E-state index is 0.265. The highest BCUT2D eigenvalue weighted by molar-refractivity contribution is 6.36. The molecule has 0 atom stereocenters. The van der Waals surface area contributed by atoms with E-state index in [4.69, 9.17) is 33.2 Å². The zero-order valence-electron chi connectivity index (χ0n) is 11.8. The average Bonchev–Trinajstić information content (AvgIpc) is 2.44. The normalized spacial score (nSPS) is 10.1. The molecule has 0 unspecified atom stereocenters. The molecule has 2 aromatic rings. The van der Waals surface area contributed by atoms with E-state index in [9.17, 15) is 0 Å². The Morgan fingerprint density at radius 1 is 1.14 bits per heavy atom. The van der Waals surface area contributed by atoms with Gasteiger partial charge < -0.3 is 10.1 Å². The first-order chi connectivity index (χ1) is 9.96. The topological polar surface area (TPSA) is 57.9 Å². The number of ether oxygens (including phenoxy) is 1. The van der Waals surface area contributed by atoms with Crippen molar-refractivity contribution >= 4 is 29.0 Å². The van der Waals surface area contributed by atoms with Gasteiger partial charge >= 0.3 is 0 Å². The van der Waals surface area contributed by atoms with E-state index in [0.717, 1.165) is 11.1 Å². The van der Waals surface area contributed by atoms with Crippen molar-refractivity contribution in [1.82, 2.24) is 4.98 Å². The Balaban J connectivity index is 2.46. The lowest BCUT2D eigenvalue weighted by atomic mass is 10.1. The summed E-state index contributed by atoms with van der Waals surface area (Å²) in [7, 11) is 1.71. The maximum Gasteiger partial charge on any atom is 0.240 e. The van der Waals surface area contributed by atoms with Crippen LogP contribution in [-0.4, -0.2) is 12.0 Å². The van der Waals surface area contributed by atoms with Gasteiger partial charge in [0.2, 0.25) is 5.88 Å². The van der Waals surface area contributed by atoms with Crippen LogP contribution in [0, 0.1) is 25.2 Å². The number of hydrogen-bond donors (Lipinski definition) is 1. The van der Waals surface area contributed by atoms with Gasteiger partial charge in [0.25, 0.3) is 0 Å². The van der Waals surface area contributed by atoms with E-state index in [0.29, 0.717) is 27.2 Å². The van der Waals surface area contributed by atoms with Gasteiger partial charge in [0.1, 0.15) is 16.6 Å². The van der Waals surface area contributed by atoms with E-state index >= 15 is 0 Å². The van der Waals surface area contributed by atoms with Crippen molar-refractivity contribution in [2.45, 2.75) is 13.8 Å². The fourth-order valence-corrected chi connectivity index (χ4v) is 2.46. The summed E-state index contributed by atoms with van der Waals surface area (Å²) in [6.45, 7) is 3.73. The van der Waals surface area contributed by atoms with Crippen LogP contribution in [0.2, 0.25) is 10.0 Å². The number of hydrogen-bond acceptors (Lipinski definition) is 4. The molecule has 1 heterocycles. The molecule has 1 N–H and O–H groups in total. The van der Waals surface area contributed by atoms with Crippen molar-refractivity contribution < 1.29 is 4.74 Å². The molecule has 0 aliphatic rings. The number of rotatable bonds is 3. The van der Waals surface area contributed by atoms with Crippen LogP contribution in [0.1, 0.15) is 16.7 Å². The van der Waals surface area contributed by atoms with Crippen molar-refractivity contribution in [2.24, 2.45) is 0 Å². The van der Waals surface area contributed by atoms with E-state index in [1.807, 2.05) is 13.8 Å². The highest BCUT2D eigenvalue weighted by atomic mass is 35.5. The van der Waals surface area contributed by atoms with E-state index in [1.165, 1.54) is 0 Å². The Morgan fingerprint density at radius 2 is 1.76 bits per heavy atom. The third kappa shape index (κ3) is 3.21. The smallest absolute Gasteiger partial charge is 0.240 e. The number of nitrogens with zero attached hydrogens (tertiary/aromatic N) is 2. The minimum atomic E-state index is 0.265. The first-order valence-electron chi connectivity index (χ1n) is 6.19. The van der Waals surface area contributed by atoms with Crippen molar-refractivity contribution in [3.05, 3.63) is 44.9 Å². The lowest BCUT2D eigenvalue weighted by molar-refractivity contribution is 0.457. The molecule has 1 aromatic carbocycles. The van der Waals surface area contributed by atoms with Crippen LogP contribution in [0.15, 0.2) is 18.2 Å². The van der Waals surface area contributed by atoms with Crippen LogP contribution in [-0.2, 0) is 0 Å². The van der Waals surface area contributed by atoms with Crippen LogP contribution in [0.4, 0.5) is 5.82 Å². The highest BCUT2D eigenvalue weighted by Crippen LogP contribution is 2.36. The molecular weight excluding hydrogens is 309 g/mol. The molecule has 0 aliphatic carbocycles. The summed E-state index contributed by atoms with van der Waals surface area (Å²) in [6, 6.07) is 7.20. The number of aryl methyl sites for hydroxylation is 2. The second-order valence-corrected chi connectivity index (χ2v) is 5.32. The predicted molar refractivity (Wildman–Crippen MR) is 84.5 cm³/mol. The van der Waals surface area contributed by atoms with Gasteiger partial charge in [-0.25, -0.2) is 0 Å². The second kappa shape index (κ2) is 6.21. The maximum atomic E-state index is 8.96. The summed E-state index contributed by atoms with van der Waals surface area (Å²) in [5, 5.41) is 12.6. The Kier molecular flexibility index (Phi) is 4.56. The fourth-order valence-electron chi connectivity index (χ4n) is 1.97. The van der Waals surface area contributed by atoms with E-state index < -0.39 is 0 Å². The van der Waals surface area contributed by atoms with Crippen LogP contribution in [0.25, 0.3) is 0 Å². The summed E-state index contributed by atoms with van der Waals surface area (Å²) in [5.74, 6) is 1.38. The van der Waals surface area contributed by atoms with Gasteiger partial charge in [-0.05, 0) is 43.2 Å². The molecule has 0 aliphatic heterocycles. The van der Waals surface area contributed by atoms with Crippen molar-refractivity contribution in [2.75, 3.05) is 12.4 Å². The first kappa shape index (κ1) is 15.4. The maximum absolute atomic E-state index is 8.96. The quantitative estimate of drug-likeness (QED) is 0.889. The lowest BCUT2D eigenvalue weighted by Crippen LogP contribution is -1.99. The summed E-state index contributed by atoms with van der Waals surface area (Å²) in [4.78, 5) is 4.25. The lowest BCUT2D eigenvalue weighted by Gasteiger charge is -2.14. The van der Waals surface area contributed by atoms with E-state index in [2.05, 4.69) is 16.4 Å². The molecule has 2 rings (SSSR count). The molecule has 21 heavy (non-hydrogen) atoms. The standard InChI is InChI=1S/C15H13Cl2N3O/c1-8-4-10(7-18)5-9(2)13(8)21-15-12(17)6-11(16)14(19-3)20-15/h4-6H,1-3H3,(H,19,20). The molecular formula is C15H13Cl2N3O. The largest absolute Gasteiger partial charge is 0.437 e. The molecule has 0 spiro atoms. The van der Waals surface area contributed by atoms with Gasteiger partial charge in [0.05, 0.1) is 16.7 Å². The number of halogens is 2. The van der Waals surface area contributed by atoms with Gasteiger partial charge in [-0.3, -0.25) is 0 Å². The predicted octanol–water partition coefficient (Wildman–Crippen LogP) is 4.71. The molecule has 0 saturated heterocycles. The Labute approximate surface area is 133 Å². The van der Waals surface area contributed by atoms with E-state index in [-0.39, 0.29) is 5.88 Å². The Bertz CT molecular complexity index is 715. The summed E-state index contributed by atoms with van der Waals surface area (Å²) in [5.41, 5.74) is 2.26. The molecule has 6 heteroatoms. The van der Waals surface area contributed by atoms with Gasteiger partial charge in [-0.15, -0.1) is 0 Å². The number of benzene rings is 1. The number of nitrogens with one attached hydrogen (secondary N) is 1. The Morgan fingerprint density at radius 3 is 2.29 bits per heavy atom. The van der Waals surface area contributed by atoms with E-state index in [1.54, 1.807) is 25.2 Å². The number of nitriles is 1. The number of pyridine rings is 1. The Hall–Kier alpha value is -1.96. The average molecular weight is 322 g/mol. The van der Waals surface area contributed by atoms with Gasteiger partial charge in [-0.2, -0.15) is 10.2 Å². The van der Waals surface area contributed by atoms with Crippen molar-refractivity contribution in [1.29, 1.82) is 5.26 Å². The molecule has 4 nitrogen and oxygen atoms in total.